The summed E-state index contributed by atoms with van der Waals surface area (Å²) in [6.07, 6.45) is 2.91. The van der Waals surface area contributed by atoms with Gasteiger partial charge in [0.05, 0.1) is 6.54 Å². The van der Waals surface area contributed by atoms with Gasteiger partial charge in [0, 0.05) is 37.1 Å². The molecule has 0 saturated carbocycles. The molecule has 0 bridgehead atoms. The van der Waals surface area contributed by atoms with Crippen molar-refractivity contribution in [2.75, 3.05) is 26.7 Å². The summed E-state index contributed by atoms with van der Waals surface area (Å²) in [4.78, 5) is 11.2. The first-order valence-electron chi connectivity index (χ1n) is 8.72. The molecule has 0 aliphatic heterocycles. The Bertz CT molecular complexity index is 692. The first kappa shape index (κ1) is 22.7. The molecule has 2 aromatic rings. The fourth-order valence-corrected chi connectivity index (χ4v) is 2.52. The number of nitrogens with one attached hydrogen (secondary N) is 1. The average Bonchev–Trinajstić information content (AvgIpc) is 3.08. The highest BCUT2D eigenvalue weighted by Crippen LogP contribution is 2.19. The summed E-state index contributed by atoms with van der Waals surface area (Å²) >= 11 is 6.00. The van der Waals surface area contributed by atoms with Crippen LogP contribution in [0.1, 0.15) is 32.6 Å². The van der Waals surface area contributed by atoms with Crippen molar-refractivity contribution in [1.82, 2.24) is 20.4 Å². The van der Waals surface area contributed by atoms with Crippen molar-refractivity contribution in [2.45, 2.75) is 33.1 Å². The standard InChI is InChI=1S/C18H26ClN5O.HI/c1-4-6-12-24(3)18(20-5-2)21-11-10-16-22-17(23-25-16)14-8-7-9-15(19)13-14;/h7-9,13H,4-6,10-12H2,1-3H3,(H,20,21);1H. The Morgan fingerprint density at radius 1 is 1.35 bits per heavy atom. The SMILES string of the molecule is CCCCN(C)C(=NCCc1nc(-c2cccc(Cl)c2)no1)NCC.I. The molecule has 0 fully saturated rings. The zero-order chi connectivity index (χ0) is 18.1. The van der Waals surface area contributed by atoms with E-state index in [1.807, 2.05) is 24.3 Å². The zero-order valence-electron chi connectivity index (χ0n) is 15.5. The number of nitrogens with zero attached hydrogens (tertiary/aromatic N) is 4. The molecule has 0 radical (unpaired) electrons. The summed E-state index contributed by atoms with van der Waals surface area (Å²) in [6, 6.07) is 7.41. The van der Waals surface area contributed by atoms with E-state index in [9.17, 15) is 0 Å². The predicted octanol–water partition coefficient (Wildman–Crippen LogP) is 4.25. The Balaban J connectivity index is 0.00000338. The fraction of sp³-hybridized carbons (Fsp3) is 0.500. The molecule has 0 spiro atoms. The largest absolute Gasteiger partial charge is 0.357 e. The number of aliphatic imine (C=N–C) groups is 1. The Hall–Kier alpha value is -1.35. The maximum atomic E-state index is 6.00. The molecule has 0 amide bonds. The van der Waals surface area contributed by atoms with Gasteiger partial charge in [0.1, 0.15) is 0 Å². The number of aromatic nitrogens is 2. The van der Waals surface area contributed by atoms with Crippen LogP contribution in [0.25, 0.3) is 11.4 Å². The van der Waals surface area contributed by atoms with Crippen molar-refractivity contribution in [1.29, 1.82) is 0 Å². The molecule has 1 N–H and O–H groups in total. The van der Waals surface area contributed by atoms with E-state index in [1.54, 1.807) is 0 Å². The van der Waals surface area contributed by atoms with E-state index >= 15 is 0 Å². The average molecular weight is 492 g/mol. The van der Waals surface area contributed by atoms with Crippen molar-refractivity contribution in [3.05, 3.63) is 35.2 Å². The molecule has 1 aromatic heterocycles. The summed E-state index contributed by atoms with van der Waals surface area (Å²) in [5.41, 5.74) is 0.846. The minimum atomic E-state index is 0. The number of halogens is 2. The summed E-state index contributed by atoms with van der Waals surface area (Å²) < 4.78 is 5.32. The van der Waals surface area contributed by atoms with Crippen molar-refractivity contribution in [3.63, 3.8) is 0 Å². The molecule has 0 aliphatic carbocycles. The molecular weight excluding hydrogens is 465 g/mol. The molecule has 1 heterocycles. The minimum Gasteiger partial charge on any atom is -0.357 e. The van der Waals surface area contributed by atoms with E-state index in [1.165, 1.54) is 0 Å². The topological polar surface area (TPSA) is 66.5 Å². The summed E-state index contributed by atoms with van der Waals surface area (Å²) in [7, 11) is 2.06. The molecule has 0 aliphatic rings. The van der Waals surface area contributed by atoms with Gasteiger partial charge in [-0.25, -0.2) is 0 Å². The molecule has 2 rings (SSSR count). The van der Waals surface area contributed by atoms with Crippen molar-refractivity contribution in [2.24, 2.45) is 4.99 Å². The Morgan fingerprint density at radius 3 is 2.85 bits per heavy atom. The molecule has 1 aromatic carbocycles. The van der Waals surface area contributed by atoms with Crippen LogP contribution in [0.5, 0.6) is 0 Å². The van der Waals surface area contributed by atoms with Gasteiger partial charge in [0.2, 0.25) is 11.7 Å². The molecule has 6 nitrogen and oxygen atoms in total. The van der Waals surface area contributed by atoms with E-state index in [0.29, 0.717) is 29.7 Å². The first-order chi connectivity index (χ1) is 12.1. The zero-order valence-corrected chi connectivity index (χ0v) is 18.6. The summed E-state index contributed by atoms with van der Waals surface area (Å²) in [6.45, 7) is 6.68. The fourth-order valence-electron chi connectivity index (χ4n) is 2.33. The first-order valence-corrected chi connectivity index (χ1v) is 9.09. The van der Waals surface area contributed by atoms with Gasteiger partial charge in [0.15, 0.2) is 5.96 Å². The monoisotopic (exact) mass is 491 g/mol. The van der Waals surface area contributed by atoms with Crippen LogP contribution in [0, 0.1) is 0 Å². The van der Waals surface area contributed by atoms with Gasteiger partial charge < -0.3 is 14.7 Å². The lowest BCUT2D eigenvalue weighted by molar-refractivity contribution is 0.380. The highest BCUT2D eigenvalue weighted by Gasteiger charge is 2.09. The number of hydrogen-bond acceptors (Lipinski definition) is 4. The normalized spacial score (nSPS) is 11.2. The lowest BCUT2D eigenvalue weighted by Crippen LogP contribution is -2.39. The van der Waals surface area contributed by atoms with Gasteiger partial charge in [0.25, 0.3) is 0 Å². The van der Waals surface area contributed by atoms with Gasteiger partial charge >= 0.3 is 0 Å². The summed E-state index contributed by atoms with van der Waals surface area (Å²) in [5, 5.41) is 7.98. The molecule has 0 unspecified atom stereocenters. The van der Waals surface area contributed by atoms with E-state index in [-0.39, 0.29) is 24.0 Å². The van der Waals surface area contributed by atoms with Crippen molar-refractivity contribution < 1.29 is 4.52 Å². The second kappa shape index (κ2) is 12.1. The number of rotatable bonds is 8. The van der Waals surface area contributed by atoms with E-state index in [2.05, 4.69) is 46.2 Å². The van der Waals surface area contributed by atoms with Crippen LogP contribution in [-0.2, 0) is 6.42 Å². The highest BCUT2D eigenvalue weighted by atomic mass is 127. The third kappa shape index (κ3) is 7.11. The van der Waals surface area contributed by atoms with Gasteiger partial charge in [-0.1, -0.05) is 42.2 Å². The van der Waals surface area contributed by atoms with Crippen LogP contribution >= 0.6 is 35.6 Å². The second-order valence-electron chi connectivity index (χ2n) is 5.78. The molecule has 0 saturated heterocycles. The number of unbranched alkanes of at least 4 members (excludes halogenated alkanes) is 1. The predicted molar refractivity (Wildman–Crippen MR) is 117 cm³/mol. The van der Waals surface area contributed by atoms with Crippen LogP contribution in [0.4, 0.5) is 0 Å². The lowest BCUT2D eigenvalue weighted by atomic mass is 10.2. The van der Waals surface area contributed by atoms with E-state index < -0.39 is 0 Å². The van der Waals surface area contributed by atoms with Crippen molar-refractivity contribution >= 4 is 41.5 Å². The number of benzene rings is 1. The lowest BCUT2D eigenvalue weighted by Gasteiger charge is -2.21. The molecule has 0 atom stereocenters. The van der Waals surface area contributed by atoms with E-state index in [4.69, 9.17) is 16.1 Å². The Kier molecular flexibility index (Phi) is 10.6. The number of guanidine groups is 1. The third-order valence-corrected chi connectivity index (χ3v) is 3.92. The van der Waals surface area contributed by atoms with Crippen LogP contribution in [0.3, 0.4) is 0 Å². The maximum absolute atomic E-state index is 6.00. The van der Waals surface area contributed by atoms with Crippen LogP contribution in [0.2, 0.25) is 5.02 Å². The quantitative estimate of drug-likeness (QED) is 0.340. The Morgan fingerprint density at radius 2 is 2.15 bits per heavy atom. The minimum absolute atomic E-state index is 0. The molecule has 26 heavy (non-hydrogen) atoms. The second-order valence-corrected chi connectivity index (χ2v) is 6.22. The van der Waals surface area contributed by atoms with Crippen molar-refractivity contribution in [3.8, 4) is 11.4 Å². The molecule has 144 valence electrons. The van der Waals surface area contributed by atoms with Gasteiger partial charge in [-0.15, -0.1) is 24.0 Å². The highest BCUT2D eigenvalue weighted by molar-refractivity contribution is 14.0. The summed E-state index contributed by atoms with van der Waals surface area (Å²) in [5.74, 6) is 2.03. The molecule has 8 heteroatoms. The van der Waals surface area contributed by atoms with Gasteiger partial charge in [-0.3, -0.25) is 4.99 Å². The smallest absolute Gasteiger partial charge is 0.228 e. The Labute approximate surface area is 177 Å². The number of hydrogen-bond donors (Lipinski definition) is 1. The van der Waals surface area contributed by atoms with Crippen LogP contribution in [0.15, 0.2) is 33.8 Å². The van der Waals surface area contributed by atoms with Crippen LogP contribution < -0.4 is 5.32 Å². The van der Waals surface area contributed by atoms with Crippen LogP contribution in [-0.4, -0.2) is 47.7 Å². The van der Waals surface area contributed by atoms with E-state index in [0.717, 1.165) is 37.5 Å². The van der Waals surface area contributed by atoms with Gasteiger partial charge in [-0.05, 0) is 25.5 Å². The third-order valence-electron chi connectivity index (χ3n) is 3.68. The van der Waals surface area contributed by atoms with Gasteiger partial charge in [-0.2, -0.15) is 4.98 Å². The maximum Gasteiger partial charge on any atom is 0.228 e. The molecular formula is C18H27ClIN5O.